The van der Waals surface area contributed by atoms with E-state index < -0.39 is 9.84 Å². The Morgan fingerprint density at radius 2 is 1.95 bits per heavy atom. The van der Waals surface area contributed by atoms with Gasteiger partial charge in [0.15, 0.2) is 0 Å². The van der Waals surface area contributed by atoms with Crippen LogP contribution in [0.2, 0.25) is 0 Å². The quantitative estimate of drug-likeness (QED) is 0.783. The second-order valence-electron chi connectivity index (χ2n) is 5.94. The fourth-order valence-corrected chi connectivity index (χ4v) is 4.55. The average Bonchev–Trinajstić information content (AvgIpc) is 2.73. The predicted molar refractivity (Wildman–Crippen MR) is 76.9 cm³/mol. The van der Waals surface area contributed by atoms with Gasteiger partial charge in [0.25, 0.3) is 0 Å². The molecule has 0 saturated heterocycles. The van der Waals surface area contributed by atoms with E-state index in [0.29, 0.717) is 11.8 Å². The lowest BCUT2D eigenvalue weighted by molar-refractivity contribution is -0.127. The molecule has 3 N–H and O–H groups in total. The smallest absolute Gasteiger partial charge is 0.225 e. The fourth-order valence-electron chi connectivity index (χ4n) is 3.56. The maximum atomic E-state index is 12.2. The highest BCUT2D eigenvalue weighted by Gasteiger charge is 2.49. The maximum Gasteiger partial charge on any atom is 0.225 e. The molecule has 2 rings (SSSR count). The van der Waals surface area contributed by atoms with E-state index in [0.717, 1.165) is 19.3 Å². The molecule has 5 nitrogen and oxygen atoms in total. The number of nitrogens with two attached hydrogens (primary N) is 1. The molecule has 2 saturated carbocycles. The molecule has 19 heavy (non-hydrogen) atoms. The molecule has 0 radical (unpaired) electrons. The number of fused-ring (bicyclic) bond motifs is 2. The summed E-state index contributed by atoms with van der Waals surface area (Å²) in [7, 11) is -3.06. The van der Waals surface area contributed by atoms with Gasteiger partial charge in [-0.15, -0.1) is 12.4 Å². The molecule has 5 atom stereocenters. The van der Waals surface area contributed by atoms with Crippen molar-refractivity contribution >= 4 is 28.2 Å². The van der Waals surface area contributed by atoms with Crippen molar-refractivity contribution in [1.82, 2.24) is 5.32 Å². The van der Waals surface area contributed by atoms with E-state index in [-0.39, 0.29) is 42.1 Å². The van der Waals surface area contributed by atoms with E-state index >= 15 is 0 Å². The lowest BCUT2D eigenvalue weighted by Gasteiger charge is -2.28. The number of carbonyl (C=O) groups excluding carboxylic acids is 1. The normalized spacial score (nSPS) is 34.7. The molecule has 0 aromatic rings. The molecular weight excluding hydrogens is 288 g/mol. The zero-order chi connectivity index (χ0) is 13.5. The van der Waals surface area contributed by atoms with Crippen molar-refractivity contribution in [3.8, 4) is 0 Å². The fraction of sp³-hybridized carbons (Fsp3) is 0.917. The van der Waals surface area contributed by atoms with Crippen LogP contribution in [0, 0.1) is 17.8 Å². The topological polar surface area (TPSA) is 89.3 Å². The van der Waals surface area contributed by atoms with Crippen LogP contribution < -0.4 is 11.1 Å². The summed E-state index contributed by atoms with van der Waals surface area (Å²) >= 11 is 0. The van der Waals surface area contributed by atoms with Crippen LogP contribution in [0.15, 0.2) is 0 Å². The van der Waals surface area contributed by atoms with Gasteiger partial charge in [-0.1, -0.05) is 0 Å². The van der Waals surface area contributed by atoms with Gasteiger partial charge in [-0.05, 0) is 38.0 Å². The number of sulfone groups is 1. The van der Waals surface area contributed by atoms with Gasteiger partial charge < -0.3 is 11.1 Å². The van der Waals surface area contributed by atoms with Crippen LogP contribution in [-0.2, 0) is 14.6 Å². The minimum absolute atomic E-state index is 0. The van der Waals surface area contributed by atoms with Crippen LogP contribution in [0.25, 0.3) is 0 Å². The molecule has 112 valence electrons. The van der Waals surface area contributed by atoms with Crippen molar-refractivity contribution in [2.45, 2.75) is 38.3 Å². The van der Waals surface area contributed by atoms with Crippen LogP contribution >= 0.6 is 12.4 Å². The van der Waals surface area contributed by atoms with Gasteiger partial charge in [-0.25, -0.2) is 8.42 Å². The van der Waals surface area contributed by atoms with Gasteiger partial charge >= 0.3 is 0 Å². The first-order valence-electron chi connectivity index (χ1n) is 6.51. The van der Waals surface area contributed by atoms with Crippen molar-refractivity contribution in [2.75, 3.05) is 12.0 Å². The Hall–Kier alpha value is -0.330. The first-order chi connectivity index (χ1) is 8.28. The van der Waals surface area contributed by atoms with Gasteiger partial charge in [0, 0.05) is 18.3 Å². The molecule has 2 fully saturated rings. The summed E-state index contributed by atoms with van der Waals surface area (Å²) in [4.78, 5) is 12.2. The first kappa shape index (κ1) is 16.7. The molecule has 0 heterocycles. The molecule has 1 amide bonds. The zero-order valence-electron chi connectivity index (χ0n) is 11.3. The number of nitrogens with one attached hydrogen (secondary N) is 1. The van der Waals surface area contributed by atoms with Crippen LogP contribution in [0.5, 0.6) is 0 Å². The Bertz CT molecular complexity index is 438. The molecule has 0 aromatic heterocycles. The van der Waals surface area contributed by atoms with Gasteiger partial charge in [0.05, 0.1) is 11.7 Å². The molecule has 2 bridgehead atoms. The van der Waals surface area contributed by atoms with E-state index in [1.807, 2.05) is 0 Å². The molecule has 0 aliphatic heterocycles. The van der Waals surface area contributed by atoms with E-state index in [9.17, 15) is 13.2 Å². The van der Waals surface area contributed by atoms with Crippen LogP contribution in [0.4, 0.5) is 0 Å². The molecule has 0 spiro atoms. The van der Waals surface area contributed by atoms with Crippen molar-refractivity contribution in [2.24, 2.45) is 23.5 Å². The molecule has 5 unspecified atom stereocenters. The van der Waals surface area contributed by atoms with E-state index in [1.165, 1.54) is 6.26 Å². The number of amides is 1. The molecule has 7 heteroatoms. The highest BCUT2D eigenvalue weighted by molar-refractivity contribution is 7.90. The second-order valence-corrected chi connectivity index (χ2v) is 8.12. The summed E-state index contributed by atoms with van der Waals surface area (Å²) in [5.74, 6) is 0.678. The van der Waals surface area contributed by atoms with Gasteiger partial charge in [-0.3, -0.25) is 4.79 Å². The Morgan fingerprint density at radius 3 is 2.42 bits per heavy atom. The predicted octanol–water partition coefficient (Wildman–Crippen LogP) is 0.331. The van der Waals surface area contributed by atoms with Crippen molar-refractivity contribution < 1.29 is 13.2 Å². The maximum absolute atomic E-state index is 12.2. The minimum atomic E-state index is -3.06. The zero-order valence-corrected chi connectivity index (χ0v) is 13.0. The van der Waals surface area contributed by atoms with Crippen molar-refractivity contribution in [1.29, 1.82) is 0 Å². The summed E-state index contributed by atoms with van der Waals surface area (Å²) in [5.41, 5.74) is 6.09. The van der Waals surface area contributed by atoms with Crippen molar-refractivity contribution in [3.63, 3.8) is 0 Å². The number of hydrogen-bond acceptors (Lipinski definition) is 4. The monoisotopic (exact) mass is 310 g/mol. The summed E-state index contributed by atoms with van der Waals surface area (Å²) in [6.07, 6.45) is 4.45. The third-order valence-corrected chi connectivity index (χ3v) is 5.33. The summed E-state index contributed by atoms with van der Waals surface area (Å²) < 4.78 is 22.3. The van der Waals surface area contributed by atoms with Crippen LogP contribution in [-0.4, -0.2) is 38.4 Å². The van der Waals surface area contributed by atoms with E-state index in [1.54, 1.807) is 6.92 Å². The molecule has 2 aliphatic rings. The first-order valence-corrected chi connectivity index (χ1v) is 8.57. The highest BCUT2D eigenvalue weighted by atomic mass is 35.5. The largest absolute Gasteiger partial charge is 0.352 e. The van der Waals surface area contributed by atoms with Crippen molar-refractivity contribution in [3.05, 3.63) is 0 Å². The third kappa shape index (κ3) is 3.83. The Balaban J connectivity index is 0.00000180. The summed E-state index contributed by atoms with van der Waals surface area (Å²) in [6.45, 7) is 1.72. The Morgan fingerprint density at radius 1 is 1.37 bits per heavy atom. The minimum Gasteiger partial charge on any atom is -0.352 e. The lowest BCUT2D eigenvalue weighted by atomic mass is 9.84. The second kappa shape index (κ2) is 5.97. The highest BCUT2D eigenvalue weighted by Crippen LogP contribution is 2.47. The number of carbonyl (C=O) groups is 1. The Kier molecular flexibility index (Phi) is 5.26. The average molecular weight is 311 g/mol. The summed E-state index contributed by atoms with van der Waals surface area (Å²) in [5, 5.41) is 2.80. The van der Waals surface area contributed by atoms with Crippen LogP contribution in [0.1, 0.15) is 26.2 Å². The van der Waals surface area contributed by atoms with E-state index in [4.69, 9.17) is 5.73 Å². The lowest BCUT2D eigenvalue weighted by Crippen LogP contribution is -2.48. The molecular formula is C12H23ClN2O3S. The van der Waals surface area contributed by atoms with Gasteiger partial charge in [0.1, 0.15) is 9.84 Å². The van der Waals surface area contributed by atoms with Gasteiger partial charge in [-0.2, -0.15) is 0 Å². The molecule has 2 aliphatic carbocycles. The number of halogens is 1. The standard InChI is InChI=1S/C12H22N2O3S.ClH/c1-7(6-18(2,16)17)14-12(15)10-8-3-4-9(5-8)11(10)13;/h7-11H,3-6,13H2,1-2H3,(H,14,15);1H. The number of rotatable bonds is 4. The van der Waals surface area contributed by atoms with Crippen LogP contribution in [0.3, 0.4) is 0 Å². The summed E-state index contributed by atoms with van der Waals surface area (Å²) in [6, 6.07) is -0.395. The van der Waals surface area contributed by atoms with Gasteiger partial charge in [0.2, 0.25) is 5.91 Å². The van der Waals surface area contributed by atoms with E-state index in [2.05, 4.69) is 5.32 Å². The SMILES string of the molecule is CC(CS(C)(=O)=O)NC(=O)C1C2CCC(C2)C1N.Cl. The third-order valence-electron chi connectivity index (χ3n) is 4.22. The Labute approximate surface area is 121 Å². The molecule has 0 aromatic carbocycles. The number of hydrogen-bond donors (Lipinski definition) is 2.